The third-order valence-corrected chi connectivity index (χ3v) is 3.25. The van der Waals surface area contributed by atoms with Gasteiger partial charge in [-0.05, 0) is 25.8 Å². The van der Waals surface area contributed by atoms with Crippen LogP contribution in [0.4, 0.5) is 5.69 Å². The van der Waals surface area contributed by atoms with Crippen molar-refractivity contribution in [1.29, 1.82) is 0 Å². The van der Waals surface area contributed by atoms with Gasteiger partial charge in [-0.1, -0.05) is 0 Å². The van der Waals surface area contributed by atoms with Crippen molar-refractivity contribution in [3.63, 3.8) is 0 Å². The lowest BCUT2D eigenvalue weighted by Crippen LogP contribution is -2.17. The third kappa shape index (κ3) is 2.88. The molecule has 0 aliphatic carbocycles. The Labute approximate surface area is 115 Å². The molecule has 0 bridgehead atoms. The molecule has 0 aromatic heterocycles. The molecule has 2 rings (SSSR count). The Morgan fingerprint density at radius 3 is 2.90 bits per heavy atom. The van der Waals surface area contributed by atoms with Crippen LogP contribution in [0, 0.1) is 17.0 Å². The Hall–Kier alpha value is -2.15. The minimum Gasteiger partial charge on any atom is -0.484 e. The Balaban J connectivity index is 2.28. The molecule has 7 nitrogen and oxygen atoms in total. The second-order valence-corrected chi connectivity index (χ2v) is 4.59. The van der Waals surface area contributed by atoms with Crippen molar-refractivity contribution in [3.05, 3.63) is 33.4 Å². The Morgan fingerprint density at radius 2 is 2.35 bits per heavy atom. The number of nitrogens with zero attached hydrogens (tertiary/aromatic N) is 1. The molecule has 1 fully saturated rings. The molecule has 0 spiro atoms. The standard InChI is InChI=1S/C13H15NO6/c1-8-10(13(15)16)4-5-11(14(17)18)12(8)20-7-9-3-2-6-19-9/h4-5,9H,2-3,6-7H2,1H3,(H,15,16). The molecule has 1 saturated heterocycles. The number of carboxylic acid groups (broad SMARTS) is 1. The minimum atomic E-state index is -1.14. The predicted molar refractivity (Wildman–Crippen MR) is 69.3 cm³/mol. The van der Waals surface area contributed by atoms with E-state index in [4.69, 9.17) is 14.6 Å². The van der Waals surface area contributed by atoms with Crippen LogP contribution in [-0.4, -0.2) is 35.3 Å². The van der Waals surface area contributed by atoms with Crippen LogP contribution < -0.4 is 4.74 Å². The van der Waals surface area contributed by atoms with Crippen molar-refractivity contribution in [2.24, 2.45) is 0 Å². The van der Waals surface area contributed by atoms with Gasteiger partial charge >= 0.3 is 11.7 Å². The van der Waals surface area contributed by atoms with Gasteiger partial charge in [0.1, 0.15) is 6.61 Å². The van der Waals surface area contributed by atoms with Crippen molar-refractivity contribution in [2.75, 3.05) is 13.2 Å². The van der Waals surface area contributed by atoms with Crippen molar-refractivity contribution >= 4 is 11.7 Å². The quantitative estimate of drug-likeness (QED) is 0.655. The summed E-state index contributed by atoms with van der Waals surface area (Å²) in [5, 5.41) is 20.0. The predicted octanol–water partition coefficient (Wildman–Crippen LogP) is 2.16. The van der Waals surface area contributed by atoms with Gasteiger partial charge in [-0.3, -0.25) is 10.1 Å². The number of hydrogen-bond donors (Lipinski definition) is 1. The molecule has 7 heteroatoms. The van der Waals surface area contributed by atoms with Gasteiger partial charge in [0.15, 0.2) is 0 Å². The van der Waals surface area contributed by atoms with Gasteiger partial charge in [0, 0.05) is 18.2 Å². The molecule has 1 aliphatic rings. The van der Waals surface area contributed by atoms with E-state index in [9.17, 15) is 14.9 Å². The van der Waals surface area contributed by atoms with Crippen molar-refractivity contribution in [3.8, 4) is 5.75 Å². The summed E-state index contributed by atoms with van der Waals surface area (Å²) in [5.74, 6) is -1.13. The lowest BCUT2D eigenvalue weighted by molar-refractivity contribution is -0.386. The largest absolute Gasteiger partial charge is 0.484 e. The van der Waals surface area contributed by atoms with E-state index in [0.29, 0.717) is 6.61 Å². The van der Waals surface area contributed by atoms with E-state index in [1.165, 1.54) is 13.0 Å². The summed E-state index contributed by atoms with van der Waals surface area (Å²) in [6.45, 7) is 2.34. The van der Waals surface area contributed by atoms with Gasteiger partial charge in [-0.2, -0.15) is 0 Å². The van der Waals surface area contributed by atoms with E-state index >= 15 is 0 Å². The number of ether oxygens (including phenoxy) is 2. The number of hydrogen-bond acceptors (Lipinski definition) is 5. The van der Waals surface area contributed by atoms with Gasteiger partial charge in [-0.25, -0.2) is 4.79 Å². The van der Waals surface area contributed by atoms with Gasteiger partial charge in [0.25, 0.3) is 0 Å². The van der Waals surface area contributed by atoms with Crippen LogP contribution in [0.5, 0.6) is 5.75 Å². The number of benzene rings is 1. The van der Waals surface area contributed by atoms with Crippen LogP contribution in [0.2, 0.25) is 0 Å². The highest BCUT2D eigenvalue weighted by Gasteiger charge is 2.24. The van der Waals surface area contributed by atoms with Crippen molar-refractivity contribution < 1.29 is 24.3 Å². The van der Waals surface area contributed by atoms with E-state index in [0.717, 1.165) is 18.9 Å². The molecule has 1 aromatic rings. The smallest absolute Gasteiger partial charge is 0.336 e. The van der Waals surface area contributed by atoms with E-state index in [1.807, 2.05) is 0 Å². The molecule has 108 valence electrons. The molecule has 1 unspecified atom stereocenters. The first-order valence-electron chi connectivity index (χ1n) is 6.26. The van der Waals surface area contributed by atoms with Crippen LogP contribution in [0.1, 0.15) is 28.8 Å². The Morgan fingerprint density at radius 1 is 1.60 bits per heavy atom. The monoisotopic (exact) mass is 281 g/mol. The average Bonchev–Trinajstić information content (AvgIpc) is 2.89. The highest BCUT2D eigenvalue weighted by atomic mass is 16.6. The topological polar surface area (TPSA) is 98.9 Å². The fourth-order valence-corrected chi connectivity index (χ4v) is 2.19. The van der Waals surface area contributed by atoms with Crippen molar-refractivity contribution in [2.45, 2.75) is 25.9 Å². The molecular weight excluding hydrogens is 266 g/mol. The maximum absolute atomic E-state index is 11.1. The first-order valence-corrected chi connectivity index (χ1v) is 6.26. The SMILES string of the molecule is Cc1c(C(=O)O)ccc([N+](=O)[O-])c1OCC1CCCO1. The maximum Gasteiger partial charge on any atom is 0.336 e. The maximum atomic E-state index is 11.1. The molecule has 0 saturated carbocycles. The molecular formula is C13H15NO6. The highest BCUT2D eigenvalue weighted by molar-refractivity contribution is 5.91. The number of nitro groups is 1. The normalized spacial score (nSPS) is 17.9. The molecule has 1 heterocycles. The summed E-state index contributed by atoms with van der Waals surface area (Å²) < 4.78 is 10.9. The molecule has 0 radical (unpaired) electrons. The second kappa shape index (κ2) is 5.87. The Kier molecular flexibility index (Phi) is 4.19. The van der Waals surface area contributed by atoms with Gasteiger partial charge in [-0.15, -0.1) is 0 Å². The number of carboxylic acids is 1. The average molecular weight is 281 g/mol. The molecule has 1 atom stereocenters. The van der Waals surface area contributed by atoms with Crippen LogP contribution >= 0.6 is 0 Å². The van der Waals surface area contributed by atoms with E-state index in [-0.39, 0.29) is 35.3 Å². The summed E-state index contributed by atoms with van der Waals surface area (Å²) in [7, 11) is 0. The zero-order chi connectivity index (χ0) is 14.7. The first-order chi connectivity index (χ1) is 9.50. The number of carbonyl (C=O) groups is 1. The van der Waals surface area contributed by atoms with Gasteiger partial charge in [0.05, 0.1) is 16.6 Å². The fraction of sp³-hybridized carbons (Fsp3) is 0.462. The lowest BCUT2D eigenvalue weighted by Gasteiger charge is -2.14. The van der Waals surface area contributed by atoms with Gasteiger partial charge < -0.3 is 14.6 Å². The summed E-state index contributed by atoms with van der Waals surface area (Å²) in [6, 6.07) is 2.37. The third-order valence-electron chi connectivity index (χ3n) is 3.25. The summed E-state index contributed by atoms with van der Waals surface area (Å²) in [4.78, 5) is 21.5. The van der Waals surface area contributed by atoms with E-state index < -0.39 is 10.9 Å². The molecule has 20 heavy (non-hydrogen) atoms. The van der Waals surface area contributed by atoms with Crippen LogP contribution in [0.3, 0.4) is 0 Å². The molecule has 1 aromatic carbocycles. The number of nitro benzene ring substituents is 1. The Bertz CT molecular complexity index is 536. The van der Waals surface area contributed by atoms with Crippen molar-refractivity contribution in [1.82, 2.24) is 0 Å². The second-order valence-electron chi connectivity index (χ2n) is 4.59. The van der Waals surface area contributed by atoms with E-state index in [1.54, 1.807) is 0 Å². The minimum absolute atomic E-state index is 0.00191. The summed E-state index contributed by atoms with van der Waals surface area (Å²) in [5.41, 5.74) is 0.0214. The van der Waals surface area contributed by atoms with E-state index in [2.05, 4.69) is 0 Å². The zero-order valence-electron chi connectivity index (χ0n) is 11.0. The number of rotatable bonds is 5. The molecule has 0 amide bonds. The summed E-state index contributed by atoms with van der Waals surface area (Å²) >= 11 is 0. The van der Waals surface area contributed by atoms with Crippen LogP contribution in [0.25, 0.3) is 0 Å². The van der Waals surface area contributed by atoms with Crippen LogP contribution in [0.15, 0.2) is 12.1 Å². The first kappa shape index (κ1) is 14.3. The highest BCUT2D eigenvalue weighted by Crippen LogP contribution is 2.33. The zero-order valence-corrected chi connectivity index (χ0v) is 11.0. The fourth-order valence-electron chi connectivity index (χ4n) is 2.19. The van der Waals surface area contributed by atoms with Crippen LogP contribution in [-0.2, 0) is 4.74 Å². The lowest BCUT2D eigenvalue weighted by atomic mass is 10.1. The van der Waals surface area contributed by atoms with Gasteiger partial charge in [0.2, 0.25) is 5.75 Å². The summed E-state index contributed by atoms with van der Waals surface area (Å²) in [6.07, 6.45) is 1.68. The number of aromatic carboxylic acids is 1. The molecule has 1 aliphatic heterocycles. The molecule has 1 N–H and O–H groups in total.